The molecule has 1 N–H and O–H groups in total. The van der Waals surface area contributed by atoms with E-state index >= 15 is 0 Å². The topological polar surface area (TPSA) is 24.5 Å². The molecule has 3 nitrogen and oxygen atoms in total. The van der Waals surface area contributed by atoms with Gasteiger partial charge >= 0.3 is 0 Å². The van der Waals surface area contributed by atoms with Crippen molar-refractivity contribution in [3.63, 3.8) is 0 Å². The molecule has 0 radical (unpaired) electrons. The molecule has 0 bridgehead atoms. The number of ether oxygens (including phenoxy) is 1. The largest absolute Gasteiger partial charge is 0.377 e. The Labute approximate surface area is 125 Å². The minimum atomic E-state index is 0.453. The smallest absolute Gasteiger partial charge is 0.0728 e. The lowest BCUT2D eigenvalue weighted by molar-refractivity contribution is -0.0171. The zero-order chi connectivity index (χ0) is 14.7. The maximum absolute atomic E-state index is 5.95. The Morgan fingerprint density at radius 2 is 1.95 bits per heavy atom. The van der Waals surface area contributed by atoms with Gasteiger partial charge in [-0.3, -0.25) is 4.90 Å². The van der Waals surface area contributed by atoms with E-state index in [1.165, 1.54) is 25.8 Å². The fourth-order valence-corrected chi connectivity index (χ4v) is 3.87. The first-order valence-electron chi connectivity index (χ1n) is 8.59. The lowest BCUT2D eigenvalue weighted by Crippen LogP contribution is -2.62. The predicted octanol–water partition coefficient (Wildman–Crippen LogP) is 2.90. The van der Waals surface area contributed by atoms with E-state index in [9.17, 15) is 0 Å². The van der Waals surface area contributed by atoms with E-state index in [1.807, 2.05) is 0 Å². The molecule has 118 valence electrons. The lowest BCUT2D eigenvalue weighted by Gasteiger charge is -2.47. The highest BCUT2D eigenvalue weighted by atomic mass is 16.5. The van der Waals surface area contributed by atoms with E-state index in [0.717, 1.165) is 19.1 Å². The summed E-state index contributed by atoms with van der Waals surface area (Å²) >= 11 is 0. The normalized spacial score (nSPS) is 34.0. The van der Waals surface area contributed by atoms with Gasteiger partial charge in [0.05, 0.1) is 6.10 Å². The van der Waals surface area contributed by atoms with Gasteiger partial charge in [-0.25, -0.2) is 0 Å². The monoisotopic (exact) mass is 282 g/mol. The van der Waals surface area contributed by atoms with Crippen molar-refractivity contribution >= 4 is 0 Å². The molecule has 0 amide bonds. The third-order valence-corrected chi connectivity index (χ3v) is 5.02. The maximum atomic E-state index is 5.95. The second kappa shape index (κ2) is 7.24. The molecule has 3 heteroatoms. The van der Waals surface area contributed by atoms with Gasteiger partial charge < -0.3 is 10.1 Å². The van der Waals surface area contributed by atoms with Crippen molar-refractivity contribution in [3.8, 4) is 0 Å². The van der Waals surface area contributed by atoms with Gasteiger partial charge in [-0.1, -0.05) is 27.7 Å². The molecule has 2 aliphatic rings. The first kappa shape index (κ1) is 16.3. The molecule has 0 spiro atoms. The van der Waals surface area contributed by atoms with Crippen LogP contribution in [-0.4, -0.2) is 48.8 Å². The molecule has 0 aromatic heterocycles. The van der Waals surface area contributed by atoms with Gasteiger partial charge in [0.15, 0.2) is 0 Å². The molecule has 0 saturated carbocycles. The summed E-state index contributed by atoms with van der Waals surface area (Å²) in [5, 5.41) is 3.77. The number of rotatable bonds is 5. The van der Waals surface area contributed by atoms with Crippen LogP contribution in [0, 0.1) is 11.8 Å². The van der Waals surface area contributed by atoms with E-state index in [0.29, 0.717) is 30.1 Å². The highest BCUT2D eigenvalue weighted by Crippen LogP contribution is 2.26. The van der Waals surface area contributed by atoms with E-state index in [1.54, 1.807) is 0 Å². The number of piperazine rings is 1. The van der Waals surface area contributed by atoms with Crippen LogP contribution in [0.2, 0.25) is 0 Å². The molecule has 4 atom stereocenters. The van der Waals surface area contributed by atoms with E-state index in [2.05, 4.69) is 44.8 Å². The molecular weight excluding hydrogens is 248 g/mol. The van der Waals surface area contributed by atoms with Crippen LogP contribution in [0.25, 0.3) is 0 Å². The highest BCUT2D eigenvalue weighted by molar-refractivity contribution is 4.93. The summed E-state index contributed by atoms with van der Waals surface area (Å²) in [6.07, 6.45) is 4.21. The molecule has 2 saturated heterocycles. The Hall–Kier alpha value is -0.120. The molecule has 0 aliphatic carbocycles. The Balaban J connectivity index is 2.01. The number of nitrogens with zero attached hydrogens (tertiary/aromatic N) is 1. The third kappa shape index (κ3) is 3.96. The zero-order valence-electron chi connectivity index (χ0n) is 14.1. The molecule has 2 heterocycles. The summed E-state index contributed by atoms with van der Waals surface area (Å²) in [7, 11) is 0. The summed E-state index contributed by atoms with van der Waals surface area (Å²) in [6.45, 7) is 15.0. The van der Waals surface area contributed by atoms with Crippen molar-refractivity contribution in [3.05, 3.63) is 0 Å². The standard InChI is InChI=1S/C17H34N2O/c1-12(2)9-15-11-19(16(10-18-15)13(3)4)14(5)17-7-6-8-20-17/h12-18H,6-11H2,1-5H3. The van der Waals surface area contributed by atoms with E-state index in [-0.39, 0.29) is 0 Å². The average molecular weight is 282 g/mol. The van der Waals surface area contributed by atoms with Crippen molar-refractivity contribution in [2.45, 2.75) is 78.1 Å². The summed E-state index contributed by atoms with van der Waals surface area (Å²) < 4.78 is 5.95. The summed E-state index contributed by atoms with van der Waals surface area (Å²) in [6, 6.07) is 1.85. The van der Waals surface area contributed by atoms with Gasteiger partial charge in [-0.15, -0.1) is 0 Å². The summed E-state index contributed by atoms with van der Waals surface area (Å²) in [5.41, 5.74) is 0. The van der Waals surface area contributed by atoms with Crippen LogP contribution in [0.15, 0.2) is 0 Å². The fraction of sp³-hybridized carbons (Fsp3) is 1.00. The van der Waals surface area contributed by atoms with E-state index < -0.39 is 0 Å². The predicted molar refractivity (Wildman–Crippen MR) is 85.0 cm³/mol. The minimum absolute atomic E-state index is 0.453. The van der Waals surface area contributed by atoms with Crippen molar-refractivity contribution < 1.29 is 4.74 Å². The molecule has 0 aromatic rings. The fourth-order valence-electron chi connectivity index (χ4n) is 3.87. The van der Waals surface area contributed by atoms with Crippen LogP contribution < -0.4 is 5.32 Å². The van der Waals surface area contributed by atoms with Crippen molar-refractivity contribution in [2.24, 2.45) is 11.8 Å². The van der Waals surface area contributed by atoms with Gasteiger partial charge in [0.1, 0.15) is 0 Å². The molecule has 20 heavy (non-hydrogen) atoms. The molecule has 0 aromatic carbocycles. The van der Waals surface area contributed by atoms with Crippen LogP contribution >= 0.6 is 0 Å². The quantitative estimate of drug-likeness (QED) is 0.839. The Kier molecular flexibility index (Phi) is 5.88. The Bertz CT molecular complexity index is 287. The van der Waals surface area contributed by atoms with Gasteiger partial charge in [0, 0.05) is 37.8 Å². The number of nitrogens with one attached hydrogen (secondary N) is 1. The van der Waals surface area contributed by atoms with Crippen LogP contribution in [0.3, 0.4) is 0 Å². The van der Waals surface area contributed by atoms with Crippen LogP contribution in [0.5, 0.6) is 0 Å². The molecule has 4 unspecified atom stereocenters. The first-order valence-corrected chi connectivity index (χ1v) is 8.59. The second-order valence-corrected chi connectivity index (χ2v) is 7.53. The lowest BCUT2D eigenvalue weighted by atomic mass is 9.92. The van der Waals surface area contributed by atoms with Gasteiger partial charge in [0.25, 0.3) is 0 Å². The number of hydrogen-bond acceptors (Lipinski definition) is 3. The van der Waals surface area contributed by atoms with Crippen molar-refractivity contribution in [1.29, 1.82) is 0 Å². The second-order valence-electron chi connectivity index (χ2n) is 7.53. The first-order chi connectivity index (χ1) is 9.49. The SMILES string of the molecule is CC(C)CC1CN(C(C)C2CCCO2)C(C(C)C)CN1. The molecule has 2 fully saturated rings. The molecule has 2 aliphatic heterocycles. The molecule has 2 rings (SSSR count). The van der Waals surface area contributed by atoms with Crippen molar-refractivity contribution in [1.82, 2.24) is 10.2 Å². The highest BCUT2D eigenvalue weighted by Gasteiger charge is 2.36. The Morgan fingerprint density at radius 1 is 1.20 bits per heavy atom. The molecular formula is C17H34N2O. The number of hydrogen-bond donors (Lipinski definition) is 1. The summed E-state index contributed by atoms with van der Waals surface area (Å²) in [5.74, 6) is 1.47. The minimum Gasteiger partial charge on any atom is -0.377 e. The van der Waals surface area contributed by atoms with Crippen molar-refractivity contribution in [2.75, 3.05) is 19.7 Å². The average Bonchev–Trinajstić information content (AvgIpc) is 2.90. The van der Waals surface area contributed by atoms with Gasteiger partial charge in [0.2, 0.25) is 0 Å². The third-order valence-electron chi connectivity index (χ3n) is 5.02. The zero-order valence-corrected chi connectivity index (χ0v) is 14.1. The van der Waals surface area contributed by atoms with E-state index in [4.69, 9.17) is 4.74 Å². The van der Waals surface area contributed by atoms with Crippen LogP contribution in [0.4, 0.5) is 0 Å². The Morgan fingerprint density at radius 3 is 2.50 bits per heavy atom. The van der Waals surface area contributed by atoms with Gasteiger partial charge in [-0.05, 0) is 38.0 Å². The van der Waals surface area contributed by atoms with Crippen LogP contribution in [-0.2, 0) is 4.74 Å². The summed E-state index contributed by atoms with van der Waals surface area (Å²) in [4.78, 5) is 2.74. The van der Waals surface area contributed by atoms with Crippen LogP contribution in [0.1, 0.15) is 53.9 Å². The maximum Gasteiger partial charge on any atom is 0.0728 e. The van der Waals surface area contributed by atoms with Gasteiger partial charge in [-0.2, -0.15) is 0 Å².